The summed E-state index contributed by atoms with van der Waals surface area (Å²) in [5.74, 6) is 2.19. The Morgan fingerprint density at radius 2 is 2.33 bits per heavy atom. The van der Waals surface area contributed by atoms with Crippen molar-refractivity contribution in [3.63, 3.8) is 0 Å². The monoisotopic (exact) mass is 288 g/mol. The zero-order valence-corrected chi connectivity index (χ0v) is 12.1. The highest BCUT2D eigenvalue weighted by Gasteiger charge is 2.26. The van der Waals surface area contributed by atoms with Crippen LogP contribution in [-0.2, 0) is 0 Å². The first-order valence-corrected chi connectivity index (χ1v) is 7.28. The summed E-state index contributed by atoms with van der Waals surface area (Å²) in [7, 11) is 0. The van der Waals surface area contributed by atoms with Crippen LogP contribution < -0.4 is 5.32 Å². The smallest absolute Gasteiger partial charge is 0.175 e. The maximum absolute atomic E-state index is 9.15. The van der Waals surface area contributed by atoms with E-state index in [-0.39, 0.29) is 12.6 Å². The molecule has 2 N–H and O–H groups in total. The lowest BCUT2D eigenvalue weighted by Crippen LogP contribution is -2.27. The summed E-state index contributed by atoms with van der Waals surface area (Å²) in [4.78, 5) is 6.96. The standard InChI is InChI=1S/C15H20N4O2/c1-11-10-15(18-21-11)17-14-6-2-4-12(16-14)13-5-3-7-19(13)8-9-20/h2,4,6,10,13,20H,3,5,7-9H2,1H3,(H,16,17,18). The number of β-amino-alcohol motifs (C(OH)–C–C–N with tert-alkyl or cyclic N) is 1. The number of pyridine rings is 1. The topological polar surface area (TPSA) is 74.4 Å². The molecule has 3 heterocycles. The van der Waals surface area contributed by atoms with Gasteiger partial charge in [-0.25, -0.2) is 4.98 Å². The van der Waals surface area contributed by atoms with E-state index in [4.69, 9.17) is 9.63 Å². The van der Waals surface area contributed by atoms with Crippen LogP contribution in [0.2, 0.25) is 0 Å². The van der Waals surface area contributed by atoms with Gasteiger partial charge >= 0.3 is 0 Å². The average Bonchev–Trinajstić information content (AvgIpc) is 3.09. The van der Waals surface area contributed by atoms with Crippen LogP contribution >= 0.6 is 0 Å². The summed E-state index contributed by atoms with van der Waals surface area (Å²) >= 11 is 0. The molecule has 0 aliphatic carbocycles. The minimum absolute atomic E-state index is 0.187. The second-order valence-electron chi connectivity index (χ2n) is 5.31. The highest BCUT2D eigenvalue weighted by molar-refractivity contribution is 5.51. The molecule has 1 unspecified atom stereocenters. The van der Waals surface area contributed by atoms with Crippen molar-refractivity contribution in [1.82, 2.24) is 15.0 Å². The van der Waals surface area contributed by atoms with Gasteiger partial charge in [0.15, 0.2) is 5.82 Å². The van der Waals surface area contributed by atoms with Gasteiger partial charge in [-0.2, -0.15) is 0 Å². The van der Waals surface area contributed by atoms with E-state index >= 15 is 0 Å². The van der Waals surface area contributed by atoms with Crippen molar-refractivity contribution in [2.24, 2.45) is 0 Å². The van der Waals surface area contributed by atoms with E-state index in [0.717, 1.165) is 36.7 Å². The summed E-state index contributed by atoms with van der Waals surface area (Å²) in [6, 6.07) is 8.07. The number of aryl methyl sites for hydroxylation is 1. The summed E-state index contributed by atoms with van der Waals surface area (Å²) < 4.78 is 5.04. The normalized spacial score (nSPS) is 19.0. The molecule has 2 aromatic rings. The Labute approximate surface area is 123 Å². The van der Waals surface area contributed by atoms with Crippen molar-refractivity contribution in [2.45, 2.75) is 25.8 Å². The van der Waals surface area contributed by atoms with Gasteiger partial charge in [-0.05, 0) is 38.4 Å². The molecular formula is C15H20N4O2. The van der Waals surface area contributed by atoms with E-state index in [2.05, 4.69) is 20.4 Å². The number of hydrogen-bond donors (Lipinski definition) is 2. The molecule has 1 fully saturated rings. The number of anilines is 2. The Morgan fingerprint density at radius 1 is 1.43 bits per heavy atom. The van der Waals surface area contributed by atoms with Crippen LogP contribution in [0.4, 0.5) is 11.6 Å². The molecule has 0 amide bonds. The molecule has 1 aliphatic rings. The quantitative estimate of drug-likeness (QED) is 0.879. The van der Waals surface area contributed by atoms with Gasteiger partial charge in [0.1, 0.15) is 11.6 Å². The number of hydrogen-bond acceptors (Lipinski definition) is 6. The first-order valence-electron chi connectivity index (χ1n) is 7.28. The van der Waals surface area contributed by atoms with Crippen LogP contribution in [0.25, 0.3) is 0 Å². The molecule has 1 aliphatic heterocycles. The maximum atomic E-state index is 9.15. The highest BCUT2D eigenvalue weighted by Crippen LogP contribution is 2.31. The SMILES string of the molecule is Cc1cc(Nc2cccc(C3CCCN3CCO)n2)no1. The summed E-state index contributed by atoms with van der Waals surface area (Å²) in [6.45, 7) is 3.76. The molecule has 3 rings (SSSR count). The third kappa shape index (κ3) is 3.22. The minimum atomic E-state index is 0.187. The van der Waals surface area contributed by atoms with Crippen molar-refractivity contribution in [3.05, 3.63) is 35.7 Å². The van der Waals surface area contributed by atoms with Crippen LogP contribution in [0.15, 0.2) is 28.8 Å². The number of nitrogens with one attached hydrogen (secondary N) is 1. The molecule has 112 valence electrons. The van der Waals surface area contributed by atoms with Crippen LogP contribution in [0.1, 0.15) is 30.3 Å². The lowest BCUT2D eigenvalue weighted by molar-refractivity contribution is 0.184. The van der Waals surface area contributed by atoms with Crippen molar-refractivity contribution in [2.75, 3.05) is 25.0 Å². The molecule has 0 radical (unpaired) electrons. The van der Waals surface area contributed by atoms with Crippen molar-refractivity contribution in [3.8, 4) is 0 Å². The summed E-state index contributed by atoms with van der Waals surface area (Å²) in [5, 5.41) is 16.2. The molecule has 21 heavy (non-hydrogen) atoms. The Hall–Kier alpha value is -1.92. The van der Waals surface area contributed by atoms with Gasteiger partial charge in [0.25, 0.3) is 0 Å². The van der Waals surface area contributed by atoms with Crippen molar-refractivity contribution in [1.29, 1.82) is 0 Å². The van der Waals surface area contributed by atoms with Gasteiger partial charge in [-0.1, -0.05) is 11.2 Å². The third-order valence-corrected chi connectivity index (χ3v) is 3.75. The number of likely N-dealkylation sites (tertiary alicyclic amines) is 1. The van der Waals surface area contributed by atoms with Crippen LogP contribution in [0.5, 0.6) is 0 Å². The van der Waals surface area contributed by atoms with E-state index in [1.807, 2.05) is 31.2 Å². The fourth-order valence-corrected chi connectivity index (χ4v) is 2.82. The lowest BCUT2D eigenvalue weighted by atomic mass is 10.1. The fourth-order valence-electron chi connectivity index (χ4n) is 2.82. The van der Waals surface area contributed by atoms with Gasteiger partial charge in [-0.15, -0.1) is 0 Å². The predicted molar refractivity (Wildman–Crippen MR) is 79.4 cm³/mol. The molecular weight excluding hydrogens is 268 g/mol. The molecule has 6 heteroatoms. The van der Waals surface area contributed by atoms with E-state index in [0.29, 0.717) is 12.4 Å². The zero-order valence-electron chi connectivity index (χ0n) is 12.1. The Balaban J connectivity index is 1.76. The van der Waals surface area contributed by atoms with Gasteiger partial charge in [-0.3, -0.25) is 4.90 Å². The first-order chi connectivity index (χ1) is 10.3. The minimum Gasteiger partial charge on any atom is -0.395 e. The number of aliphatic hydroxyl groups excluding tert-OH is 1. The number of nitrogens with zero attached hydrogens (tertiary/aromatic N) is 3. The molecule has 1 atom stereocenters. The van der Waals surface area contributed by atoms with Gasteiger partial charge in [0.05, 0.1) is 18.3 Å². The molecule has 0 aromatic carbocycles. The zero-order chi connectivity index (χ0) is 14.7. The fraction of sp³-hybridized carbons (Fsp3) is 0.467. The molecule has 1 saturated heterocycles. The highest BCUT2D eigenvalue weighted by atomic mass is 16.5. The van der Waals surface area contributed by atoms with Crippen LogP contribution in [0.3, 0.4) is 0 Å². The van der Waals surface area contributed by atoms with Crippen molar-refractivity contribution >= 4 is 11.6 Å². The van der Waals surface area contributed by atoms with E-state index < -0.39 is 0 Å². The molecule has 0 bridgehead atoms. The molecule has 2 aromatic heterocycles. The summed E-state index contributed by atoms with van der Waals surface area (Å²) in [5.41, 5.74) is 1.03. The second-order valence-corrected chi connectivity index (χ2v) is 5.31. The molecule has 0 saturated carbocycles. The maximum Gasteiger partial charge on any atom is 0.175 e. The lowest BCUT2D eigenvalue weighted by Gasteiger charge is -2.23. The Bertz CT molecular complexity index is 599. The molecule has 0 spiro atoms. The van der Waals surface area contributed by atoms with Gasteiger partial charge < -0.3 is 14.9 Å². The number of aliphatic hydroxyl groups is 1. The van der Waals surface area contributed by atoms with Crippen LogP contribution in [0, 0.1) is 6.92 Å². The molecule has 6 nitrogen and oxygen atoms in total. The predicted octanol–water partition coefficient (Wildman–Crippen LogP) is 2.25. The number of rotatable bonds is 5. The van der Waals surface area contributed by atoms with Gasteiger partial charge in [0.2, 0.25) is 0 Å². The van der Waals surface area contributed by atoms with E-state index in [1.54, 1.807) is 0 Å². The largest absolute Gasteiger partial charge is 0.395 e. The number of aromatic nitrogens is 2. The Morgan fingerprint density at radius 3 is 3.10 bits per heavy atom. The van der Waals surface area contributed by atoms with E-state index in [9.17, 15) is 0 Å². The van der Waals surface area contributed by atoms with Crippen molar-refractivity contribution < 1.29 is 9.63 Å². The third-order valence-electron chi connectivity index (χ3n) is 3.75. The average molecular weight is 288 g/mol. The second kappa shape index (κ2) is 6.24. The first kappa shape index (κ1) is 14.0. The van der Waals surface area contributed by atoms with Crippen LogP contribution in [-0.4, -0.2) is 39.8 Å². The van der Waals surface area contributed by atoms with E-state index in [1.165, 1.54) is 0 Å². The Kier molecular flexibility index (Phi) is 4.17. The van der Waals surface area contributed by atoms with Gasteiger partial charge in [0, 0.05) is 12.6 Å². The summed E-state index contributed by atoms with van der Waals surface area (Å²) in [6.07, 6.45) is 2.23.